The summed E-state index contributed by atoms with van der Waals surface area (Å²) in [4.78, 5) is 11.3. The van der Waals surface area contributed by atoms with Crippen LogP contribution in [0.15, 0.2) is 22.7 Å². The lowest BCUT2D eigenvalue weighted by atomic mass is 10.3. The summed E-state index contributed by atoms with van der Waals surface area (Å²) in [6.45, 7) is 3.80. The van der Waals surface area contributed by atoms with Gasteiger partial charge in [-0.25, -0.2) is 4.79 Å². The molecule has 0 aliphatic rings. The Kier molecular flexibility index (Phi) is 3.96. The molecule has 4 nitrogen and oxygen atoms in total. The van der Waals surface area contributed by atoms with Gasteiger partial charge in [0.15, 0.2) is 0 Å². The summed E-state index contributed by atoms with van der Waals surface area (Å²) in [6, 6.07) is 5.15. The Morgan fingerprint density at radius 1 is 1.47 bits per heavy atom. The molecule has 0 atom stereocenters. The Morgan fingerprint density at radius 2 is 2.13 bits per heavy atom. The van der Waals surface area contributed by atoms with Crippen molar-refractivity contribution in [1.82, 2.24) is 5.32 Å². The number of amides is 2. The summed E-state index contributed by atoms with van der Waals surface area (Å²) < 4.78 is 0.817. The number of benzene rings is 1. The molecule has 1 aromatic rings. The van der Waals surface area contributed by atoms with Gasteiger partial charge in [-0.3, -0.25) is 0 Å². The van der Waals surface area contributed by atoms with E-state index < -0.39 is 0 Å². The first kappa shape index (κ1) is 11.8. The average Bonchev–Trinajstić information content (AvgIpc) is 2.10. The van der Waals surface area contributed by atoms with E-state index in [9.17, 15) is 4.79 Å². The highest BCUT2D eigenvalue weighted by Crippen LogP contribution is 2.22. The molecule has 0 aliphatic heterocycles. The molecular weight excluding hydrogens is 258 g/mol. The van der Waals surface area contributed by atoms with Crippen molar-refractivity contribution in [3.8, 4) is 0 Å². The minimum absolute atomic E-state index is 0.109. The summed E-state index contributed by atoms with van der Waals surface area (Å²) in [5, 5.41) is 5.41. The molecule has 0 spiro atoms. The van der Waals surface area contributed by atoms with Crippen molar-refractivity contribution < 1.29 is 4.79 Å². The zero-order valence-corrected chi connectivity index (χ0v) is 10.3. The van der Waals surface area contributed by atoms with Crippen LogP contribution in [0.4, 0.5) is 16.2 Å². The quantitative estimate of drug-likeness (QED) is 0.724. The normalized spacial score (nSPS) is 10.1. The van der Waals surface area contributed by atoms with Crippen molar-refractivity contribution in [3.63, 3.8) is 0 Å². The largest absolute Gasteiger partial charge is 0.398 e. The third kappa shape index (κ3) is 3.79. The van der Waals surface area contributed by atoms with Gasteiger partial charge in [0.1, 0.15) is 0 Å². The van der Waals surface area contributed by atoms with Crippen LogP contribution in [0.25, 0.3) is 0 Å². The average molecular weight is 272 g/mol. The minimum Gasteiger partial charge on any atom is -0.398 e. The fourth-order valence-corrected chi connectivity index (χ4v) is 1.30. The highest BCUT2D eigenvalue weighted by molar-refractivity contribution is 9.10. The summed E-state index contributed by atoms with van der Waals surface area (Å²) in [6.07, 6.45) is 0. The second-order valence-electron chi connectivity index (χ2n) is 3.49. The predicted octanol–water partition coefficient (Wildman–Crippen LogP) is 2.56. The van der Waals surface area contributed by atoms with Crippen LogP contribution in [0.1, 0.15) is 13.8 Å². The highest BCUT2D eigenvalue weighted by Gasteiger charge is 2.04. The topological polar surface area (TPSA) is 67.2 Å². The first-order chi connectivity index (χ1) is 6.99. The zero-order chi connectivity index (χ0) is 11.4. The standard InChI is InChI=1S/C10H14BrN3O/c1-6(2)13-10(15)14-7-3-4-8(11)9(12)5-7/h3-6H,12H2,1-2H3,(H2,13,14,15). The van der Waals surface area contributed by atoms with Gasteiger partial charge in [0.05, 0.1) is 0 Å². The smallest absolute Gasteiger partial charge is 0.319 e. The van der Waals surface area contributed by atoms with Gasteiger partial charge in [0, 0.05) is 21.9 Å². The predicted molar refractivity (Wildman–Crippen MR) is 65.8 cm³/mol. The molecular formula is C10H14BrN3O. The third-order valence-corrected chi connectivity index (χ3v) is 2.40. The molecule has 0 saturated carbocycles. The van der Waals surface area contributed by atoms with Crippen LogP contribution in [0.2, 0.25) is 0 Å². The first-order valence-electron chi connectivity index (χ1n) is 4.61. The Bertz CT molecular complexity index is 366. The van der Waals surface area contributed by atoms with E-state index in [4.69, 9.17) is 5.73 Å². The molecule has 0 fully saturated rings. The molecule has 82 valence electrons. The maximum Gasteiger partial charge on any atom is 0.319 e. The number of carbonyl (C=O) groups is 1. The molecule has 0 radical (unpaired) electrons. The number of nitrogens with one attached hydrogen (secondary N) is 2. The van der Waals surface area contributed by atoms with E-state index in [-0.39, 0.29) is 12.1 Å². The molecule has 0 aromatic heterocycles. The van der Waals surface area contributed by atoms with Gasteiger partial charge in [-0.1, -0.05) is 0 Å². The monoisotopic (exact) mass is 271 g/mol. The van der Waals surface area contributed by atoms with Crippen LogP contribution in [0.3, 0.4) is 0 Å². The van der Waals surface area contributed by atoms with E-state index in [0.717, 1.165) is 4.47 Å². The van der Waals surface area contributed by atoms with Gasteiger partial charge in [-0.05, 0) is 48.0 Å². The first-order valence-corrected chi connectivity index (χ1v) is 5.41. The van der Waals surface area contributed by atoms with Gasteiger partial charge < -0.3 is 16.4 Å². The number of halogens is 1. The molecule has 0 unspecified atom stereocenters. The number of anilines is 2. The van der Waals surface area contributed by atoms with Crippen molar-refractivity contribution in [2.45, 2.75) is 19.9 Å². The number of nitrogens with two attached hydrogens (primary N) is 1. The highest BCUT2D eigenvalue weighted by atomic mass is 79.9. The number of urea groups is 1. The van der Waals surface area contributed by atoms with E-state index >= 15 is 0 Å². The van der Waals surface area contributed by atoms with Gasteiger partial charge in [0.25, 0.3) is 0 Å². The molecule has 1 rings (SSSR count). The minimum atomic E-state index is -0.230. The summed E-state index contributed by atoms with van der Waals surface area (Å²) >= 11 is 3.28. The van der Waals surface area contributed by atoms with Crippen LogP contribution in [0.5, 0.6) is 0 Å². The number of nitrogen functional groups attached to an aromatic ring is 1. The van der Waals surface area contributed by atoms with Crippen LogP contribution in [-0.4, -0.2) is 12.1 Å². The maximum absolute atomic E-state index is 11.3. The van der Waals surface area contributed by atoms with Gasteiger partial charge >= 0.3 is 6.03 Å². The van der Waals surface area contributed by atoms with Crippen molar-refractivity contribution in [2.24, 2.45) is 0 Å². The molecule has 0 aliphatic carbocycles. The summed E-state index contributed by atoms with van der Waals surface area (Å²) in [7, 11) is 0. The molecule has 4 N–H and O–H groups in total. The second kappa shape index (κ2) is 5.02. The number of hydrogen-bond donors (Lipinski definition) is 3. The molecule has 0 saturated heterocycles. The Labute approximate surface area is 97.4 Å². The van der Waals surface area contributed by atoms with E-state index in [1.54, 1.807) is 18.2 Å². The van der Waals surface area contributed by atoms with Crippen LogP contribution in [-0.2, 0) is 0 Å². The lowest BCUT2D eigenvalue weighted by Gasteiger charge is -2.10. The van der Waals surface area contributed by atoms with Gasteiger partial charge in [-0.15, -0.1) is 0 Å². The van der Waals surface area contributed by atoms with Crippen molar-refractivity contribution in [1.29, 1.82) is 0 Å². The van der Waals surface area contributed by atoms with E-state index in [1.807, 2.05) is 13.8 Å². The van der Waals surface area contributed by atoms with E-state index in [1.165, 1.54) is 0 Å². The molecule has 2 amide bonds. The number of carbonyl (C=O) groups excluding carboxylic acids is 1. The lowest BCUT2D eigenvalue weighted by Crippen LogP contribution is -2.34. The molecule has 15 heavy (non-hydrogen) atoms. The zero-order valence-electron chi connectivity index (χ0n) is 8.67. The maximum atomic E-state index is 11.3. The second-order valence-corrected chi connectivity index (χ2v) is 4.34. The Balaban J connectivity index is 2.65. The molecule has 1 aromatic carbocycles. The SMILES string of the molecule is CC(C)NC(=O)Nc1ccc(Br)c(N)c1. The molecule has 0 bridgehead atoms. The molecule has 0 heterocycles. The van der Waals surface area contributed by atoms with Gasteiger partial charge in [-0.2, -0.15) is 0 Å². The Hall–Kier alpha value is -1.23. The Morgan fingerprint density at radius 3 is 2.67 bits per heavy atom. The molecule has 5 heteroatoms. The number of hydrogen-bond acceptors (Lipinski definition) is 2. The van der Waals surface area contributed by atoms with Gasteiger partial charge in [0.2, 0.25) is 0 Å². The van der Waals surface area contributed by atoms with Crippen LogP contribution in [0, 0.1) is 0 Å². The van der Waals surface area contributed by atoms with Crippen molar-refractivity contribution in [3.05, 3.63) is 22.7 Å². The van der Waals surface area contributed by atoms with Crippen molar-refractivity contribution >= 4 is 33.3 Å². The van der Waals surface area contributed by atoms with E-state index in [2.05, 4.69) is 26.6 Å². The summed E-state index contributed by atoms with van der Waals surface area (Å²) in [5.74, 6) is 0. The summed E-state index contributed by atoms with van der Waals surface area (Å²) in [5.41, 5.74) is 6.95. The van der Waals surface area contributed by atoms with Crippen LogP contribution >= 0.6 is 15.9 Å². The fraction of sp³-hybridized carbons (Fsp3) is 0.300. The third-order valence-electron chi connectivity index (χ3n) is 1.67. The number of rotatable bonds is 2. The van der Waals surface area contributed by atoms with Crippen LogP contribution < -0.4 is 16.4 Å². The fourth-order valence-electron chi connectivity index (χ4n) is 1.05. The lowest BCUT2D eigenvalue weighted by molar-refractivity contribution is 0.250. The van der Waals surface area contributed by atoms with E-state index in [0.29, 0.717) is 11.4 Å². The van der Waals surface area contributed by atoms with Crippen molar-refractivity contribution in [2.75, 3.05) is 11.1 Å².